The summed E-state index contributed by atoms with van der Waals surface area (Å²) in [5.74, 6) is 0. The zero-order chi connectivity index (χ0) is 10.5. The van der Waals surface area contributed by atoms with Crippen molar-refractivity contribution in [3.63, 3.8) is 0 Å². The molecule has 0 atom stereocenters. The molecule has 1 aromatic heterocycles. The van der Waals surface area contributed by atoms with E-state index in [0.29, 0.717) is 0 Å². The summed E-state index contributed by atoms with van der Waals surface area (Å²) in [6, 6.07) is 10.5. The molecule has 0 amide bonds. The van der Waals surface area contributed by atoms with Gasteiger partial charge in [0.2, 0.25) is 0 Å². The van der Waals surface area contributed by atoms with E-state index in [9.17, 15) is 0 Å². The Morgan fingerprint density at radius 2 is 2.20 bits per heavy atom. The molecule has 1 N–H and O–H groups in total. The molecule has 0 spiro atoms. The van der Waals surface area contributed by atoms with E-state index in [2.05, 4.69) is 41.5 Å². The number of aromatic nitrogens is 1. The minimum absolute atomic E-state index is 0.931. The summed E-state index contributed by atoms with van der Waals surface area (Å²) in [7, 11) is 0. The van der Waals surface area contributed by atoms with Crippen LogP contribution in [0.5, 0.6) is 0 Å². The minimum atomic E-state index is 0.931. The molecule has 0 saturated carbocycles. The number of rotatable bonds is 4. The van der Waals surface area contributed by atoms with Crippen LogP contribution in [0.2, 0.25) is 0 Å². The highest BCUT2D eigenvalue weighted by Gasteiger charge is 1.96. The molecular weight excluding hydrogens is 184 g/mol. The summed E-state index contributed by atoms with van der Waals surface area (Å²) in [5.41, 5.74) is 2.38. The predicted molar refractivity (Wildman–Crippen MR) is 63.7 cm³/mol. The number of hydrogen-bond donors (Lipinski definition) is 1. The first-order valence-electron chi connectivity index (χ1n) is 5.44. The Bertz CT molecular complexity index is 437. The van der Waals surface area contributed by atoms with E-state index in [1.54, 1.807) is 0 Å². The molecule has 2 nitrogen and oxygen atoms in total. The number of nitrogens with zero attached hydrogens (tertiary/aromatic N) is 1. The van der Waals surface area contributed by atoms with Gasteiger partial charge in [0.25, 0.3) is 0 Å². The molecule has 78 valence electrons. The van der Waals surface area contributed by atoms with Gasteiger partial charge < -0.3 is 5.32 Å². The highest BCUT2D eigenvalue weighted by atomic mass is 14.8. The summed E-state index contributed by atoms with van der Waals surface area (Å²) in [6.07, 6.45) is 3.01. The number of hydrogen-bond acceptors (Lipinski definition) is 2. The molecule has 0 aliphatic carbocycles. The Morgan fingerprint density at radius 3 is 3.07 bits per heavy atom. The van der Waals surface area contributed by atoms with Crippen LogP contribution in [0, 0.1) is 0 Å². The van der Waals surface area contributed by atoms with Crippen molar-refractivity contribution in [2.45, 2.75) is 19.9 Å². The molecule has 1 aromatic carbocycles. The Morgan fingerprint density at radius 1 is 1.27 bits per heavy atom. The third-order valence-corrected chi connectivity index (χ3v) is 2.43. The Balaban J connectivity index is 2.16. The second-order valence-corrected chi connectivity index (χ2v) is 3.71. The third-order valence-electron chi connectivity index (χ3n) is 2.43. The maximum absolute atomic E-state index is 4.34. The van der Waals surface area contributed by atoms with Crippen molar-refractivity contribution >= 4 is 10.9 Å². The fourth-order valence-corrected chi connectivity index (χ4v) is 1.63. The monoisotopic (exact) mass is 200 g/mol. The molecule has 0 unspecified atom stereocenters. The van der Waals surface area contributed by atoms with Crippen LogP contribution >= 0.6 is 0 Å². The normalized spacial score (nSPS) is 10.7. The average molecular weight is 200 g/mol. The van der Waals surface area contributed by atoms with Gasteiger partial charge in [-0.15, -0.1) is 0 Å². The van der Waals surface area contributed by atoms with Gasteiger partial charge in [0.1, 0.15) is 0 Å². The summed E-state index contributed by atoms with van der Waals surface area (Å²) >= 11 is 0. The van der Waals surface area contributed by atoms with Gasteiger partial charge >= 0.3 is 0 Å². The van der Waals surface area contributed by atoms with Crippen LogP contribution < -0.4 is 5.32 Å². The molecule has 15 heavy (non-hydrogen) atoms. The first-order chi connectivity index (χ1) is 7.40. The Hall–Kier alpha value is -1.41. The van der Waals surface area contributed by atoms with Crippen molar-refractivity contribution in [3.8, 4) is 0 Å². The molecule has 0 bridgehead atoms. The van der Waals surface area contributed by atoms with Gasteiger partial charge in [0.15, 0.2) is 0 Å². The third kappa shape index (κ3) is 2.54. The van der Waals surface area contributed by atoms with E-state index in [1.165, 1.54) is 17.4 Å². The molecule has 2 aromatic rings. The van der Waals surface area contributed by atoms with Gasteiger partial charge in [0.05, 0.1) is 5.52 Å². The first-order valence-corrected chi connectivity index (χ1v) is 5.44. The Labute approximate surface area is 90.3 Å². The van der Waals surface area contributed by atoms with Crippen LogP contribution in [0.25, 0.3) is 10.9 Å². The van der Waals surface area contributed by atoms with Crippen molar-refractivity contribution in [2.24, 2.45) is 0 Å². The highest BCUT2D eigenvalue weighted by molar-refractivity contribution is 5.78. The lowest BCUT2D eigenvalue weighted by molar-refractivity contribution is 0.676. The van der Waals surface area contributed by atoms with Crippen LogP contribution in [-0.4, -0.2) is 11.5 Å². The van der Waals surface area contributed by atoms with Gasteiger partial charge in [0, 0.05) is 18.1 Å². The van der Waals surface area contributed by atoms with E-state index in [1.807, 2.05) is 12.3 Å². The Kier molecular flexibility index (Phi) is 3.30. The van der Waals surface area contributed by atoms with Crippen LogP contribution in [0.15, 0.2) is 36.5 Å². The molecule has 0 aliphatic rings. The molecule has 2 rings (SSSR count). The van der Waals surface area contributed by atoms with Crippen LogP contribution in [0.1, 0.15) is 18.9 Å². The molecule has 0 fully saturated rings. The van der Waals surface area contributed by atoms with Crippen molar-refractivity contribution in [3.05, 3.63) is 42.1 Å². The van der Waals surface area contributed by atoms with Crippen molar-refractivity contribution in [1.29, 1.82) is 0 Å². The average Bonchev–Trinajstić information content (AvgIpc) is 2.29. The zero-order valence-electron chi connectivity index (χ0n) is 9.03. The van der Waals surface area contributed by atoms with Gasteiger partial charge in [-0.25, -0.2) is 0 Å². The highest BCUT2D eigenvalue weighted by Crippen LogP contribution is 2.12. The minimum Gasteiger partial charge on any atom is -0.313 e. The van der Waals surface area contributed by atoms with Crippen LogP contribution in [0.3, 0.4) is 0 Å². The van der Waals surface area contributed by atoms with E-state index >= 15 is 0 Å². The molecule has 1 heterocycles. The number of pyridine rings is 1. The van der Waals surface area contributed by atoms with Crippen LogP contribution in [0.4, 0.5) is 0 Å². The van der Waals surface area contributed by atoms with E-state index in [-0.39, 0.29) is 0 Å². The van der Waals surface area contributed by atoms with Crippen molar-refractivity contribution in [2.75, 3.05) is 6.54 Å². The number of benzene rings is 1. The van der Waals surface area contributed by atoms with Gasteiger partial charge in [-0.3, -0.25) is 4.98 Å². The van der Waals surface area contributed by atoms with E-state index in [0.717, 1.165) is 18.6 Å². The SMILES string of the molecule is CCCNCc1ccc2cccnc2c1. The maximum Gasteiger partial charge on any atom is 0.0705 e. The molecule has 0 saturated heterocycles. The van der Waals surface area contributed by atoms with E-state index < -0.39 is 0 Å². The first kappa shape index (κ1) is 10.1. The number of nitrogens with one attached hydrogen (secondary N) is 1. The predicted octanol–water partition coefficient (Wildman–Crippen LogP) is 2.73. The lowest BCUT2D eigenvalue weighted by Gasteiger charge is -2.04. The van der Waals surface area contributed by atoms with E-state index in [4.69, 9.17) is 0 Å². The second-order valence-electron chi connectivity index (χ2n) is 3.71. The lowest BCUT2D eigenvalue weighted by Crippen LogP contribution is -2.13. The fourth-order valence-electron chi connectivity index (χ4n) is 1.63. The summed E-state index contributed by atoms with van der Waals surface area (Å²) < 4.78 is 0. The molecular formula is C13H16N2. The van der Waals surface area contributed by atoms with Crippen molar-refractivity contribution in [1.82, 2.24) is 10.3 Å². The number of fused-ring (bicyclic) bond motifs is 1. The van der Waals surface area contributed by atoms with Crippen LogP contribution in [-0.2, 0) is 6.54 Å². The summed E-state index contributed by atoms with van der Waals surface area (Å²) in [6.45, 7) is 4.18. The quantitative estimate of drug-likeness (QED) is 0.768. The molecule has 0 radical (unpaired) electrons. The summed E-state index contributed by atoms with van der Waals surface area (Å²) in [5, 5.41) is 4.59. The van der Waals surface area contributed by atoms with Gasteiger partial charge in [-0.05, 0) is 30.7 Å². The standard InChI is InChI=1S/C13H16N2/c1-2-7-14-10-11-5-6-12-4-3-8-15-13(12)9-11/h3-6,8-9,14H,2,7,10H2,1H3. The fraction of sp³-hybridized carbons (Fsp3) is 0.308. The maximum atomic E-state index is 4.34. The summed E-state index contributed by atoms with van der Waals surface area (Å²) in [4.78, 5) is 4.34. The van der Waals surface area contributed by atoms with Gasteiger partial charge in [-0.2, -0.15) is 0 Å². The molecule has 2 heteroatoms. The van der Waals surface area contributed by atoms with Gasteiger partial charge in [-0.1, -0.05) is 25.1 Å². The lowest BCUT2D eigenvalue weighted by atomic mass is 10.1. The second kappa shape index (κ2) is 4.89. The largest absolute Gasteiger partial charge is 0.313 e. The molecule has 0 aliphatic heterocycles. The topological polar surface area (TPSA) is 24.9 Å². The smallest absolute Gasteiger partial charge is 0.0705 e. The van der Waals surface area contributed by atoms with Crippen molar-refractivity contribution < 1.29 is 0 Å². The zero-order valence-corrected chi connectivity index (χ0v) is 9.03.